The molecule has 0 spiro atoms. The maximum absolute atomic E-state index is 5.75. The monoisotopic (exact) mass is 205 g/mol. The zero-order valence-corrected chi connectivity index (χ0v) is 8.80. The summed E-state index contributed by atoms with van der Waals surface area (Å²) in [6, 6.07) is 1.79. The van der Waals surface area contributed by atoms with Crippen LogP contribution in [-0.2, 0) is 13.1 Å². The zero-order valence-electron chi connectivity index (χ0n) is 8.80. The summed E-state index contributed by atoms with van der Waals surface area (Å²) >= 11 is 0. The van der Waals surface area contributed by atoms with E-state index in [4.69, 9.17) is 5.73 Å². The van der Waals surface area contributed by atoms with Crippen molar-refractivity contribution in [2.75, 3.05) is 5.73 Å². The topological polar surface area (TPSA) is 61.7 Å². The van der Waals surface area contributed by atoms with Crippen molar-refractivity contribution in [1.29, 1.82) is 0 Å². The van der Waals surface area contributed by atoms with Gasteiger partial charge in [0.15, 0.2) is 0 Å². The van der Waals surface area contributed by atoms with Crippen LogP contribution in [0.3, 0.4) is 0 Å². The van der Waals surface area contributed by atoms with E-state index in [9.17, 15) is 0 Å². The minimum Gasteiger partial charge on any atom is -0.384 e. The number of nitrogen functional groups attached to an aromatic ring is 1. The van der Waals surface area contributed by atoms with Gasteiger partial charge in [-0.1, -0.05) is 6.92 Å². The van der Waals surface area contributed by atoms with Gasteiger partial charge in [0.2, 0.25) is 0 Å². The second-order valence-corrected chi connectivity index (χ2v) is 3.49. The lowest BCUT2D eigenvalue weighted by molar-refractivity contribution is 0.601. The van der Waals surface area contributed by atoms with Crippen LogP contribution in [0, 0.1) is 0 Å². The summed E-state index contributed by atoms with van der Waals surface area (Å²) in [5.41, 5.74) is 6.88. The van der Waals surface area contributed by atoms with Gasteiger partial charge >= 0.3 is 0 Å². The second-order valence-electron chi connectivity index (χ2n) is 3.49. The number of aryl methyl sites for hydroxylation is 1. The van der Waals surface area contributed by atoms with Crippen LogP contribution in [0.2, 0.25) is 0 Å². The minimum absolute atomic E-state index is 0.679. The molecule has 0 saturated heterocycles. The fourth-order valence-corrected chi connectivity index (χ4v) is 1.55. The molecule has 0 saturated carbocycles. The van der Waals surface area contributed by atoms with Crippen LogP contribution in [0.15, 0.2) is 24.8 Å². The van der Waals surface area contributed by atoms with E-state index in [1.807, 2.05) is 12.5 Å². The maximum atomic E-state index is 5.75. The highest BCUT2D eigenvalue weighted by Crippen LogP contribution is 2.07. The van der Waals surface area contributed by atoms with E-state index in [1.54, 1.807) is 16.9 Å². The van der Waals surface area contributed by atoms with Crippen molar-refractivity contribution >= 4 is 5.82 Å². The molecule has 2 aromatic rings. The standard InChI is InChI=1S/C10H15N5/c1-2-5-14-8-12-6-9(14)7-15-10(11)3-4-13-15/h3-4,6,8H,2,5,7,11H2,1H3. The Labute approximate surface area is 88.5 Å². The summed E-state index contributed by atoms with van der Waals surface area (Å²) in [5, 5.41) is 4.14. The van der Waals surface area contributed by atoms with Crippen molar-refractivity contribution in [3.05, 3.63) is 30.5 Å². The molecule has 0 aromatic carbocycles. The Balaban J connectivity index is 2.17. The van der Waals surface area contributed by atoms with Crippen LogP contribution >= 0.6 is 0 Å². The van der Waals surface area contributed by atoms with Crippen molar-refractivity contribution in [1.82, 2.24) is 19.3 Å². The van der Waals surface area contributed by atoms with Crippen LogP contribution in [0.1, 0.15) is 19.0 Å². The lowest BCUT2D eigenvalue weighted by Gasteiger charge is -2.07. The molecule has 5 nitrogen and oxygen atoms in total. The van der Waals surface area contributed by atoms with E-state index in [1.165, 1.54) is 0 Å². The summed E-state index contributed by atoms with van der Waals surface area (Å²) in [7, 11) is 0. The number of hydrogen-bond acceptors (Lipinski definition) is 3. The largest absolute Gasteiger partial charge is 0.384 e. The molecule has 0 aliphatic carbocycles. The maximum Gasteiger partial charge on any atom is 0.122 e. The number of hydrogen-bond donors (Lipinski definition) is 1. The van der Waals surface area contributed by atoms with Crippen molar-refractivity contribution in [3.63, 3.8) is 0 Å². The Morgan fingerprint density at radius 2 is 2.33 bits per heavy atom. The van der Waals surface area contributed by atoms with E-state index in [2.05, 4.69) is 21.6 Å². The third-order valence-corrected chi connectivity index (χ3v) is 2.32. The molecule has 0 aliphatic heterocycles. The molecular formula is C10H15N5. The average Bonchev–Trinajstić information content (AvgIpc) is 2.80. The van der Waals surface area contributed by atoms with Crippen molar-refractivity contribution < 1.29 is 0 Å². The van der Waals surface area contributed by atoms with E-state index in [0.29, 0.717) is 12.4 Å². The number of aromatic nitrogens is 4. The highest BCUT2D eigenvalue weighted by atomic mass is 15.3. The molecule has 0 amide bonds. The first-order chi connectivity index (χ1) is 7.31. The summed E-state index contributed by atoms with van der Waals surface area (Å²) in [5.74, 6) is 0.680. The fourth-order valence-electron chi connectivity index (χ4n) is 1.55. The molecule has 0 atom stereocenters. The SMILES string of the molecule is CCCn1cncc1Cn1nccc1N. The van der Waals surface area contributed by atoms with E-state index in [0.717, 1.165) is 18.7 Å². The molecule has 2 N–H and O–H groups in total. The van der Waals surface area contributed by atoms with Crippen LogP contribution in [0.25, 0.3) is 0 Å². The Bertz CT molecular complexity index is 428. The summed E-state index contributed by atoms with van der Waals surface area (Å²) in [6.45, 7) is 3.81. The van der Waals surface area contributed by atoms with Crippen molar-refractivity contribution in [3.8, 4) is 0 Å². The third-order valence-electron chi connectivity index (χ3n) is 2.32. The second kappa shape index (κ2) is 4.16. The fraction of sp³-hybridized carbons (Fsp3) is 0.400. The molecule has 0 radical (unpaired) electrons. The molecule has 0 fully saturated rings. The van der Waals surface area contributed by atoms with Gasteiger partial charge in [0.05, 0.1) is 31.0 Å². The number of nitrogens with zero attached hydrogens (tertiary/aromatic N) is 4. The third kappa shape index (κ3) is 2.01. The first-order valence-electron chi connectivity index (χ1n) is 5.07. The predicted molar refractivity (Wildman–Crippen MR) is 58.3 cm³/mol. The molecule has 80 valence electrons. The smallest absolute Gasteiger partial charge is 0.122 e. The van der Waals surface area contributed by atoms with Gasteiger partial charge < -0.3 is 10.3 Å². The number of rotatable bonds is 4. The molecule has 15 heavy (non-hydrogen) atoms. The first-order valence-corrected chi connectivity index (χ1v) is 5.07. The normalized spacial score (nSPS) is 10.7. The van der Waals surface area contributed by atoms with E-state index < -0.39 is 0 Å². The summed E-state index contributed by atoms with van der Waals surface area (Å²) in [6.07, 6.45) is 6.50. The van der Waals surface area contributed by atoms with Crippen molar-refractivity contribution in [2.45, 2.75) is 26.4 Å². The van der Waals surface area contributed by atoms with Gasteiger partial charge in [-0.05, 0) is 12.5 Å². The Hall–Kier alpha value is -1.78. The van der Waals surface area contributed by atoms with Crippen LogP contribution < -0.4 is 5.73 Å². The predicted octanol–water partition coefficient (Wildman–Crippen LogP) is 1.12. The molecule has 5 heteroatoms. The molecule has 0 unspecified atom stereocenters. The first kappa shape index (κ1) is 9.76. The average molecular weight is 205 g/mol. The van der Waals surface area contributed by atoms with Gasteiger partial charge in [-0.2, -0.15) is 5.10 Å². The molecular weight excluding hydrogens is 190 g/mol. The Kier molecular flexibility index (Phi) is 2.71. The van der Waals surface area contributed by atoms with E-state index in [-0.39, 0.29) is 0 Å². The van der Waals surface area contributed by atoms with E-state index >= 15 is 0 Å². The molecule has 0 bridgehead atoms. The van der Waals surface area contributed by atoms with Gasteiger partial charge in [-0.25, -0.2) is 9.67 Å². The zero-order chi connectivity index (χ0) is 10.7. The Morgan fingerprint density at radius 3 is 3.00 bits per heavy atom. The van der Waals surface area contributed by atoms with Gasteiger partial charge in [0, 0.05) is 6.54 Å². The van der Waals surface area contributed by atoms with Gasteiger partial charge in [-0.15, -0.1) is 0 Å². The van der Waals surface area contributed by atoms with Crippen LogP contribution in [0.4, 0.5) is 5.82 Å². The van der Waals surface area contributed by atoms with Crippen LogP contribution in [-0.4, -0.2) is 19.3 Å². The number of nitrogens with two attached hydrogens (primary N) is 1. The minimum atomic E-state index is 0.679. The lowest BCUT2D eigenvalue weighted by Crippen LogP contribution is -2.10. The summed E-state index contributed by atoms with van der Waals surface area (Å²) in [4.78, 5) is 4.13. The number of anilines is 1. The lowest BCUT2D eigenvalue weighted by atomic mass is 10.4. The molecule has 0 aliphatic rings. The van der Waals surface area contributed by atoms with Crippen molar-refractivity contribution in [2.24, 2.45) is 0 Å². The molecule has 2 rings (SSSR count). The molecule has 2 aromatic heterocycles. The highest BCUT2D eigenvalue weighted by molar-refractivity contribution is 5.26. The van der Waals surface area contributed by atoms with Crippen LogP contribution in [0.5, 0.6) is 0 Å². The van der Waals surface area contributed by atoms with Gasteiger partial charge in [0.1, 0.15) is 5.82 Å². The Morgan fingerprint density at radius 1 is 1.47 bits per heavy atom. The van der Waals surface area contributed by atoms with Gasteiger partial charge in [-0.3, -0.25) is 0 Å². The number of imidazole rings is 1. The quantitative estimate of drug-likeness (QED) is 0.813. The van der Waals surface area contributed by atoms with Gasteiger partial charge in [0.25, 0.3) is 0 Å². The highest BCUT2D eigenvalue weighted by Gasteiger charge is 2.04. The molecule has 2 heterocycles. The summed E-state index contributed by atoms with van der Waals surface area (Å²) < 4.78 is 3.89.